The van der Waals surface area contributed by atoms with Crippen molar-refractivity contribution in [2.75, 3.05) is 13.1 Å². The molecule has 0 radical (unpaired) electrons. The van der Waals surface area contributed by atoms with Gasteiger partial charge in [0.1, 0.15) is 6.54 Å². The van der Waals surface area contributed by atoms with Crippen molar-refractivity contribution in [3.63, 3.8) is 0 Å². The van der Waals surface area contributed by atoms with Crippen molar-refractivity contribution in [2.24, 2.45) is 0 Å². The summed E-state index contributed by atoms with van der Waals surface area (Å²) in [6.07, 6.45) is 4.95. The Morgan fingerprint density at radius 1 is 1.37 bits per heavy atom. The largest absolute Gasteiger partial charge is 0.480 e. The van der Waals surface area contributed by atoms with Crippen molar-refractivity contribution in [3.05, 3.63) is 29.8 Å². The Kier molecular flexibility index (Phi) is 4.58. The quantitative estimate of drug-likeness (QED) is 0.809. The molecule has 5 nitrogen and oxygen atoms in total. The number of halogens is 2. The van der Waals surface area contributed by atoms with E-state index in [-0.39, 0.29) is 0 Å². The second-order valence-electron chi connectivity index (χ2n) is 3.45. The zero-order valence-corrected chi connectivity index (χ0v) is 10.3. The highest BCUT2D eigenvalue weighted by Gasteiger charge is 2.26. The molecule has 0 bridgehead atoms. The van der Waals surface area contributed by atoms with E-state index in [1.165, 1.54) is 0 Å². The Morgan fingerprint density at radius 3 is 2.47 bits per heavy atom. The van der Waals surface area contributed by atoms with E-state index < -0.39 is 45.6 Å². The first-order chi connectivity index (χ1) is 8.78. The number of hydrogen-bond acceptors (Lipinski definition) is 3. The number of rotatable bonds is 5. The molecule has 1 N–H and O–H groups in total. The standard InChI is InChI=1S/C11H9F2NO4S/c1-2-5-14(7-11(15)16)19(17,18)8-3-4-9(12)10(13)6-8/h1,3-4,6H,5,7H2,(H,15,16). The summed E-state index contributed by atoms with van der Waals surface area (Å²) in [6, 6.07) is 1.94. The first-order valence-electron chi connectivity index (χ1n) is 4.89. The third-order valence-electron chi connectivity index (χ3n) is 2.11. The van der Waals surface area contributed by atoms with Crippen LogP contribution >= 0.6 is 0 Å². The van der Waals surface area contributed by atoms with E-state index in [1.807, 2.05) is 5.92 Å². The van der Waals surface area contributed by atoms with Crippen LogP contribution in [0.15, 0.2) is 23.1 Å². The van der Waals surface area contributed by atoms with Gasteiger partial charge in [0.05, 0.1) is 11.4 Å². The number of carboxylic acids is 1. The molecule has 0 atom stereocenters. The van der Waals surface area contributed by atoms with E-state index in [2.05, 4.69) is 0 Å². The number of carboxylic acid groups (broad SMARTS) is 1. The number of nitrogens with zero attached hydrogens (tertiary/aromatic N) is 1. The Morgan fingerprint density at radius 2 is 2.00 bits per heavy atom. The molecule has 0 fully saturated rings. The number of benzene rings is 1. The molecule has 0 aromatic heterocycles. The van der Waals surface area contributed by atoms with Crippen LogP contribution in [0, 0.1) is 24.0 Å². The van der Waals surface area contributed by atoms with Gasteiger partial charge in [0, 0.05) is 0 Å². The normalized spacial score (nSPS) is 11.3. The van der Waals surface area contributed by atoms with Crippen LogP contribution in [0.2, 0.25) is 0 Å². The second-order valence-corrected chi connectivity index (χ2v) is 5.38. The van der Waals surface area contributed by atoms with Crippen LogP contribution < -0.4 is 0 Å². The molecular formula is C11H9F2NO4S. The Labute approximate surface area is 108 Å². The van der Waals surface area contributed by atoms with E-state index >= 15 is 0 Å². The Balaban J connectivity index is 3.22. The van der Waals surface area contributed by atoms with Crippen molar-refractivity contribution in [1.82, 2.24) is 4.31 Å². The monoisotopic (exact) mass is 289 g/mol. The lowest BCUT2D eigenvalue weighted by molar-refractivity contribution is -0.137. The number of carbonyl (C=O) groups is 1. The lowest BCUT2D eigenvalue weighted by Gasteiger charge is -2.17. The van der Waals surface area contributed by atoms with Crippen LogP contribution in [0.4, 0.5) is 8.78 Å². The van der Waals surface area contributed by atoms with Crippen LogP contribution in [-0.4, -0.2) is 36.9 Å². The number of aliphatic carboxylic acids is 1. The van der Waals surface area contributed by atoms with Crippen LogP contribution in [0.1, 0.15) is 0 Å². The lowest BCUT2D eigenvalue weighted by Crippen LogP contribution is -2.36. The SMILES string of the molecule is C#CCN(CC(=O)O)S(=O)(=O)c1ccc(F)c(F)c1. The van der Waals surface area contributed by atoms with E-state index in [4.69, 9.17) is 11.5 Å². The van der Waals surface area contributed by atoms with Crippen molar-refractivity contribution < 1.29 is 27.1 Å². The smallest absolute Gasteiger partial charge is 0.318 e. The van der Waals surface area contributed by atoms with E-state index in [0.29, 0.717) is 16.4 Å². The van der Waals surface area contributed by atoms with Gasteiger partial charge in [-0.25, -0.2) is 17.2 Å². The van der Waals surface area contributed by atoms with Gasteiger partial charge in [0.15, 0.2) is 11.6 Å². The first-order valence-corrected chi connectivity index (χ1v) is 6.33. The molecule has 102 valence electrons. The summed E-state index contributed by atoms with van der Waals surface area (Å²) in [5.41, 5.74) is 0. The summed E-state index contributed by atoms with van der Waals surface area (Å²) in [4.78, 5) is 10.0. The van der Waals surface area contributed by atoms with Gasteiger partial charge in [-0.2, -0.15) is 4.31 Å². The molecule has 0 spiro atoms. The summed E-state index contributed by atoms with van der Waals surface area (Å²) in [5, 5.41) is 8.61. The van der Waals surface area contributed by atoms with E-state index in [0.717, 1.165) is 6.07 Å². The first kappa shape index (κ1) is 15.1. The fourth-order valence-electron chi connectivity index (χ4n) is 1.26. The predicted molar refractivity (Wildman–Crippen MR) is 61.6 cm³/mol. The van der Waals surface area contributed by atoms with Crippen LogP contribution in [0.5, 0.6) is 0 Å². The molecule has 1 rings (SSSR count). The molecular weight excluding hydrogens is 280 g/mol. The summed E-state index contributed by atoms with van der Waals surface area (Å²) >= 11 is 0. The van der Waals surface area contributed by atoms with Crippen LogP contribution in [0.25, 0.3) is 0 Å². The molecule has 0 aliphatic carbocycles. The molecule has 0 heterocycles. The minimum Gasteiger partial charge on any atom is -0.480 e. The average Bonchev–Trinajstić information content (AvgIpc) is 2.31. The molecule has 0 saturated carbocycles. The van der Waals surface area contributed by atoms with Gasteiger partial charge in [-0.3, -0.25) is 4.79 Å². The highest BCUT2D eigenvalue weighted by molar-refractivity contribution is 7.89. The molecule has 0 unspecified atom stereocenters. The minimum atomic E-state index is -4.29. The van der Waals surface area contributed by atoms with E-state index in [1.54, 1.807) is 0 Å². The van der Waals surface area contributed by atoms with Crippen molar-refractivity contribution >= 4 is 16.0 Å². The van der Waals surface area contributed by atoms with Gasteiger partial charge in [0.25, 0.3) is 0 Å². The fraction of sp³-hybridized carbons (Fsp3) is 0.182. The van der Waals surface area contributed by atoms with Gasteiger partial charge in [-0.15, -0.1) is 6.42 Å². The summed E-state index contributed by atoms with van der Waals surface area (Å²) in [5.74, 6) is -1.98. The molecule has 0 saturated heterocycles. The van der Waals surface area contributed by atoms with Gasteiger partial charge in [0.2, 0.25) is 10.0 Å². The maximum Gasteiger partial charge on any atom is 0.318 e. The molecule has 0 aliphatic heterocycles. The zero-order valence-electron chi connectivity index (χ0n) is 9.51. The number of terminal acetylenes is 1. The summed E-state index contributed by atoms with van der Waals surface area (Å²) in [7, 11) is -4.29. The van der Waals surface area contributed by atoms with Crippen LogP contribution in [-0.2, 0) is 14.8 Å². The summed E-state index contributed by atoms with van der Waals surface area (Å²) < 4.78 is 50.2. The molecule has 1 aromatic rings. The Bertz CT molecular complexity index is 637. The third kappa shape index (κ3) is 3.49. The van der Waals surface area contributed by atoms with Gasteiger partial charge in [-0.1, -0.05) is 5.92 Å². The molecule has 19 heavy (non-hydrogen) atoms. The van der Waals surface area contributed by atoms with Crippen molar-refractivity contribution in [3.8, 4) is 12.3 Å². The highest BCUT2D eigenvalue weighted by atomic mass is 32.2. The maximum atomic E-state index is 13.0. The van der Waals surface area contributed by atoms with Gasteiger partial charge in [-0.05, 0) is 18.2 Å². The molecule has 8 heteroatoms. The fourth-order valence-corrected chi connectivity index (χ4v) is 2.58. The highest BCUT2D eigenvalue weighted by Crippen LogP contribution is 2.18. The molecule has 1 aromatic carbocycles. The topological polar surface area (TPSA) is 74.7 Å². The van der Waals surface area contributed by atoms with Crippen molar-refractivity contribution in [2.45, 2.75) is 4.90 Å². The number of hydrogen-bond donors (Lipinski definition) is 1. The predicted octanol–water partition coefficient (Wildman–Crippen LogP) is 0.673. The van der Waals surface area contributed by atoms with Crippen LogP contribution in [0.3, 0.4) is 0 Å². The van der Waals surface area contributed by atoms with E-state index in [9.17, 15) is 22.0 Å². The Hall–Kier alpha value is -1.98. The van der Waals surface area contributed by atoms with Gasteiger partial charge >= 0.3 is 5.97 Å². The average molecular weight is 289 g/mol. The van der Waals surface area contributed by atoms with Gasteiger partial charge < -0.3 is 5.11 Å². The minimum absolute atomic E-state index is 0.468. The third-order valence-corrected chi connectivity index (χ3v) is 3.90. The lowest BCUT2D eigenvalue weighted by atomic mass is 10.3. The molecule has 0 aliphatic rings. The number of sulfonamides is 1. The summed E-state index contributed by atoms with van der Waals surface area (Å²) in [6.45, 7) is -1.36. The maximum absolute atomic E-state index is 13.0. The second kappa shape index (κ2) is 5.77. The van der Waals surface area contributed by atoms with Crippen molar-refractivity contribution in [1.29, 1.82) is 0 Å². The molecule has 0 amide bonds. The zero-order chi connectivity index (χ0) is 14.6.